The van der Waals surface area contributed by atoms with Crippen LogP contribution in [0.5, 0.6) is 0 Å². The van der Waals surface area contributed by atoms with E-state index in [0.717, 1.165) is 24.3 Å². The van der Waals surface area contributed by atoms with Crippen LogP contribution < -0.4 is 10.9 Å². The van der Waals surface area contributed by atoms with Crippen molar-refractivity contribution >= 4 is 11.8 Å². The summed E-state index contributed by atoms with van der Waals surface area (Å²) in [6.07, 6.45) is 1.83. The Bertz CT molecular complexity index is 612. The molecule has 1 unspecified atom stereocenters. The van der Waals surface area contributed by atoms with E-state index in [1.807, 2.05) is 25.2 Å². The van der Waals surface area contributed by atoms with E-state index in [1.54, 1.807) is 17.8 Å². The minimum atomic E-state index is -0.0725. The van der Waals surface area contributed by atoms with E-state index in [-0.39, 0.29) is 11.6 Å². The molecule has 0 aliphatic rings. The van der Waals surface area contributed by atoms with Gasteiger partial charge in [-0.3, -0.25) is 4.79 Å². The van der Waals surface area contributed by atoms with E-state index in [4.69, 9.17) is 0 Å². The van der Waals surface area contributed by atoms with Crippen LogP contribution in [0.3, 0.4) is 0 Å². The molecule has 0 radical (unpaired) electrons. The number of aromatic nitrogens is 2. The van der Waals surface area contributed by atoms with Crippen LogP contribution in [0.15, 0.2) is 46.3 Å². The molecule has 5 heteroatoms. The van der Waals surface area contributed by atoms with Gasteiger partial charge in [0, 0.05) is 23.6 Å². The third kappa shape index (κ3) is 4.72. The number of thioether (sulfide) groups is 1. The van der Waals surface area contributed by atoms with Crippen molar-refractivity contribution in [3.05, 3.63) is 58.0 Å². The van der Waals surface area contributed by atoms with E-state index in [9.17, 15) is 4.79 Å². The summed E-state index contributed by atoms with van der Waals surface area (Å²) in [5.41, 5.74) is 2.03. The summed E-state index contributed by atoms with van der Waals surface area (Å²) >= 11 is 1.57. The van der Waals surface area contributed by atoms with Crippen molar-refractivity contribution in [1.29, 1.82) is 0 Å². The summed E-state index contributed by atoms with van der Waals surface area (Å²) in [6, 6.07) is 12.1. The van der Waals surface area contributed by atoms with Crippen LogP contribution in [-0.4, -0.2) is 22.8 Å². The minimum Gasteiger partial charge on any atom is -0.312 e. The number of nitrogens with zero attached hydrogens (tertiary/aromatic N) is 1. The van der Waals surface area contributed by atoms with Gasteiger partial charge in [-0.1, -0.05) is 55.4 Å². The van der Waals surface area contributed by atoms with Crippen LogP contribution in [0.4, 0.5) is 0 Å². The molecule has 1 aromatic carbocycles. The normalized spacial score (nSPS) is 12.3. The maximum Gasteiger partial charge on any atom is 0.251 e. The molecule has 2 N–H and O–H groups in total. The standard InChI is InChI=1S/C16H21N3OS/c1-3-7-13-10-15(20)19-16(18-13)21-11-14(17-2)12-8-5-4-6-9-12/h4-6,8-10,14,17H,3,7,11H2,1-2H3,(H,18,19,20). The Morgan fingerprint density at radius 2 is 2.10 bits per heavy atom. The first-order valence-corrected chi connectivity index (χ1v) is 8.16. The Hall–Kier alpha value is -1.59. The van der Waals surface area contributed by atoms with Crippen LogP contribution in [0.2, 0.25) is 0 Å². The number of H-pyrrole nitrogens is 1. The zero-order valence-electron chi connectivity index (χ0n) is 12.4. The molecule has 0 aliphatic heterocycles. The van der Waals surface area contributed by atoms with Crippen molar-refractivity contribution in [1.82, 2.24) is 15.3 Å². The third-order valence-electron chi connectivity index (χ3n) is 3.22. The van der Waals surface area contributed by atoms with Crippen LogP contribution in [0.25, 0.3) is 0 Å². The number of hydrogen-bond acceptors (Lipinski definition) is 4. The molecule has 0 bridgehead atoms. The predicted octanol–water partition coefficient (Wildman–Crippen LogP) is 2.78. The first-order chi connectivity index (χ1) is 10.2. The molecule has 21 heavy (non-hydrogen) atoms. The summed E-state index contributed by atoms with van der Waals surface area (Å²) in [5.74, 6) is 0.818. The summed E-state index contributed by atoms with van der Waals surface area (Å²) < 4.78 is 0. The van der Waals surface area contributed by atoms with Gasteiger partial charge in [-0.05, 0) is 19.0 Å². The number of rotatable bonds is 7. The Balaban J connectivity index is 2.06. The molecular weight excluding hydrogens is 282 g/mol. The lowest BCUT2D eigenvalue weighted by molar-refractivity contribution is 0.660. The smallest absolute Gasteiger partial charge is 0.251 e. The average molecular weight is 303 g/mol. The second-order valence-electron chi connectivity index (χ2n) is 4.85. The molecule has 0 amide bonds. The molecule has 112 valence electrons. The SMILES string of the molecule is CCCc1cc(=O)[nH]c(SCC(NC)c2ccccc2)n1. The number of nitrogens with one attached hydrogen (secondary N) is 2. The Labute approximate surface area is 129 Å². The molecule has 4 nitrogen and oxygen atoms in total. The third-order valence-corrected chi connectivity index (χ3v) is 4.18. The molecule has 0 aliphatic carbocycles. The lowest BCUT2D eigenvalue weighted by Gasteiger charge is -2.15. The van der Waals surface area contributed by atoms with Crippen molar-refractivity contribution in [2.75, 3.05) is 12.8 Å². The zero-order valence-corrected chi connectivity index (χ0v) is 13.2. The lowest BCUT2D eigenvalue weighted by Crippen LogP contribution is -2.19. The number of aryl methyl sites for hydroxylation is 1. The molecule has 2 rings (SSSR count). The summed E-state index contributed by atoms with van der Waals surface area (Å²) in [6.45, 7) is 2.09. The number of benzene rings is 1. The van der Waals surface area contributed by atoms with Gasteiger partial charge in [0.2, 0.25) is 0 Å². The predicted molar refractivity (Wildman–Crippen MR) is 87.8 cm³/mol. The van der Waals surface area contributed by atoms with Gasteiger partial charge in [-0.15, -0.1) is 0 Å². The van der Waals surface area contributed by atoms with Gasteiger partial charge >= 0.3 is 0 Å². The fraction of sp³-hybridized carbons (Fsp3) is 0.375. The van der Waals surface area contributed by atoms with E-state index < -0.39 is 0 Å². The first kappa shape index (κ1) is 15.8. The summed E-state index contributed by atoms with van der Waals surface area (Å²) in [5, 5.41) is 4.00. The molecule has 0 saturated carbocycles. The Morgan fingerprint density at radius 3 is 2.76 bits per heavy atom. The highest BCUT2D eigenvalue weighted by Gasteiger charge is 2.10. The number of hydrogen-bond donors (Lipinski definition) is 2. The second-order valence-corrected chi connectivity index (χ2v) is 5.86. The van der Waals surface area contributed by atoms with E-state index in [1.165, 1.54) is 5.56 Å². The highest BCUT2D eigenvalue weighted by atomic mass is 32.2. The largest absolute Gasteiger partial charge is 0.312 e. The zero-order chi connectivity index (χ0) is 15.1. The molecular formula is C16H21N3OS. The minimum absolute atomic E-state index is 0.0725. The van der Waals surface area contributed by atoms with Crippen molar-refractivity contribution in [2.24, 2.45) is 0 Å². The lowest BCUT2D eigenvalue weighted by atomic mass is 10.1. The van der Waals surface area contributed by atoms with Crippen molar-refractivity contribution in [3.63, 3.8) is 0 Å². The monoisotopic (exact) mass is 303 g/mol. The van der Waals surface area contributed by atoms with Crippen LogP contribution in [-0.2, 0) is 6.42 Å². The topological polar surface area (TPSA) is 57.8 Å². The fourth-order valence-corrected chi connectivity index (χ4v) is 3.17. The van der Waals surface area contributed by atoms with Crippen LogP contribution in [0, 0.1) is 0 Å². The number of aromatic amines is 1. The average Bonchev–Trinajstić information content (AvgIpc) is 2.49. The Kier molecular flexibility index (Phi) is 6.02. The maximum absolute atomic E-state index is 11.6. The first-order valence-electron chi connectivity index (χ1n) is 7.18. The highest BCUT2D eigenvalue weighted by molar-refractivity contribution is 7.99. The second kappa shape index (κ2) is 8.00. The van der Waals surface area contributed by atoms with Crippen molar-refractivity contribution < 1.29 is 0 Å². The van der Waals surface area contributed by atoms with Gasteiger partial charge in [0.1, 0.15) is 0 Å². The molecule has 1 aromatic heterocycles. The van der Waals surface area contributed by atoms with E-state index >= 15 is 0 Å². The quantitative estimate of drug-likeness (QED) is 0.610. The molecule has 0 spiro atoms. The summed E-state index contributed by atoms with van der Waals surface area (Å²) in [4.78, 5) is 19.0. The van der Waals surface area contributed by atoms with Gasteiger partial charge < -0.3 is 10.3 Å². The molecule has 0 saturated heterocycles. The maximum atomic E-state index is 11.6. The van der Waals surface area contributed by atoms with E-state index in [0.29, 0.717) is 5.16 Å². The highest BCUT2D eigenvalue weighted by Crippen LogP contribution is 2.21. The fourth-order valence-electron chi connectivity index (χ4n) is 2.13. The van der Waals surface area contributed by atoms with Gasteiger partial charge in [0.05, 0.1) is 0 Å². The van der Waals surface area contributed by atoms with E-state index in [2.05, 4.69) is 34.3 Å². The molecule has 1 atom stereocenters. The van der Waals surface area contributed by atoms with Gasteiger partial charge in [-0.2, -0.15) is 0 Å². The molecule has 1 heterocycles. The van der Waals surface area contributed by atoms with Crippen molar-refractivity contribution in [3.8, 4) is 0 Å². The van der Waals surface area contributed by atoms with Crippen molar-refractivity contribution in [2.45, 2.75) is 31.0 Å². The van der Waals surface area contributed by atoms with Gasteiger partial charge in [0.15, 0.2) is 5.16 Å². The molecule has 0 fully saturated rings. The van der Waals surface area contributed by atoms with Crippen LogP contribution >= 0.6 is 11.8 Å². The Morgan fingerprint density at radius 1 is 1.33 bits per heavy atom. The van der Waals surface area contributed by atoms with Crippen LogP contribution in [0.1, 0.15) is 30.6 Å². The van der Waals surface area contributed by atoms with Gasteiger partial charge in [-0.25, -0.2) is 4.98 Å². The molecule has 2 aromatic rings. The van der Waals surface area contributed by atoms with Gasteiger partial charge in [0.25, 0.3) is 5.56 Å². The summed E-state index contributed by atoms with van der Waals surface area (Å²) in [7, 11) is 1.95.